The fourth-order valence-corrected chi connectivity index (χ4v) is 8.70. The molecule has 0 aliphatic rings. The van der Waals surface area contributed by atoms with Gasteiger partial charge in [0.05, 0.1) is 11.4 Å². The topological polar surface area (TPSA) is 111 Å². The molecule has 38 heavy (non-hydrogen) atoms. The summed E-state index contributed by atoms with van der Waals surface area (Å²) in [6, 6.07) is 18.8. The van der Waals surface area contributed by atoms with Crippen molar-refractivity contribution in [1.29, 1.82) is 0 Å². The first kappa shape index (κ1) is 26.2. The molecule has 3 aromatic heterocycles. The molecule has 8 nitrogen and oxygen atoms in total. The maximum absolute atomic E-state index is 13.2. The molecule has 0 spiro atoms. The number of rotatable bonds is 8. The predicted molar refractivity (Wildman–Crippen MR) is 149 cm³/mol. The van der Waals surface area contributed by atoms with E-state index < -0.39 is 20.0 Å². The van der Waals surface area contributed by atoms with Crippen molar-refractivity contribution in [3.8, 4) is 11.1 Å². The van der Waals surface area contributed by atoms with Crippen LogP contribution < -0.4 is 4.13 Å². The van der Waals surface area contributed by atoms with Crippen LogP contribution in [0, 0.1) is 13.8 Å². The number of aryl methyl sites for hydroxylation is 3. The number of nitrogens with zero attached hydrogens (tertiary/aromatic N) is 3. The van der Waals surface area contributed by atoms with Crippen molar-refractivity contribution in [2.75, 3.05) is 0 Å². The Bertz CT molecular complexity index is 1840. The number of imidazole rings is 1. The zero-order valence-electron chi connectivity index (χ0n) is 21.0. The van der Waals surface area contributed by atoms with E-state index in [1.165, 1.54) is 12.1 Å². The number of pyridine rings is 1. The average Bonchev–Trinajstić information content (AvgIpc) is 3.54. The zero-order valence-corrected chi connectivity index (χ0v) is 23.5. The van der Waals surface area contributed by atoms with Crippen LogP contribution in [0.1, 0.15) is 29.6 Å². The Balaban J connectivity index is 1.47. The number of fused-ring (bicyclic) bond motifs is 1. The summed E-state index contributed by atoms with van der Waals surface area (Å²) in [4.78, 5) is 9.41. The summed E-state index contributed by atoms with van der Waals surface area (Å²) in [7, 11) is -8.59. The maximum atomic E-state index is 13.2. The summed E-state index contributed by atoms with van der Waals surface area (Å²) in [5.74, 6) is 0.944. The highest BCUT2D eigenvalue weighted by Crippen LogP contribution is 2.29. The van der Waals surface area contributed by atoms with E-state index in [0.29, 0.717) is 17.7 Å². The summed E-state index contributed by atoms with van der Waals surface area (Å²) in [6.45, 7) is 6.63. The Hall–Kier alpha value is -3.38. The van der Waals surface area contributed by atoms with Crippen LogP contribution in [0.25, 0.3) is 22.3 Å². The highest BCUT2D eigenvalue weighted by atomic mass is 32.3. The van der Waals surface area contributed by atoms with Gasteiger partial charge in [-0.2, -0.15) is 0 Å². The normalized spacial score (nSPS) is 12.3. The van der Waals surface area contributed by atoms with Gasteiger partial charge in [0, 0.05) is 17.7 Å². The van der Waals surface area contributed by atoms with Gasteiger partial charge >= 0.3 is 0 Å². The van der Waals surface area contributed by atoms with Crippen molar-refractivity contribution in [3.05, 3.63) is 94.8 Å². The zero-order chi connectivity index (χ0) is 27.1. The number of aromatic nitrogens is 3. The van der Waals surface area contributed by atoms with Crippen LogP contribution in [0.2, 0.25) is 0 Å². The molecule has 5 aromatic rings. The second kappa shape index (κ2) is 10.1. The molecule has 0 saturated carbocycles. The Morgan fingerprint density at radius 2 is 1.63 bits per heavy atom. The number of thiophene rings is 1. The third kappa shape index (κ3) is 5.02. The lowest BCUT2D eigenvalue weighted by Crippen LogP contribution is -2.30. The van der Waals surface area contributed by atoms with Crippen LogP contribution in [0.4, 0.5) is 0 Å². The molecule has 0 bridgehead atoms. The maximum Gasteiger partial charge on any atom is 0.263 e. The fourth-order valence-electron chi connectivity index (χ4n) is 4.44. The highest BCUT2D eigenvalue weighted by molar-refractivity contribution is 8.05. The first-order valence-electron chi connectivity index (χ1n) is 11.9. The number of benzene rings is 2. The molecule has 0 amide bonds. The van der Waals surface area contributed by atoms with Gasteiger partial charge in [-0.1, -0.05) is 59.6 Å². The summed E-state index contributed by atoms with van der Waals surface area (Å²) in [6.07, 6.45) is 0.763. The number of hydrogen-bond donors (Lipinski definition) is 1. The second-order valence-electron chi connectivity index (χ2n) is 8.94. The quantitative estimate of drug-likeness (QED) is 0.281. The number of hydrogen-bond acceptors (Lipinski definition) is 7. The van der Waals surface area contributed by atoms with Crippen LogP contribution in [-0.4, -0.2) is 31.4 Å². The van der Waals surface area contributed by atoms with Crippen molar-refractivity contribution >= 4 is 42.5 Å². The Morgan fingerprint density at radius 1 is 0.895 bits per heavy atom. The Labute approximate surface area is 226 Å². The molecule has 5 rings (SSSR count). The standard InChI is InChI=1S/C27H26N4O4S3/c1-4-24-29-26-18(2)16-19(3)28-27(26)31(24)17-20-11-13-21(14-12-20)22-8-5-6-9-23(22)37(32,33)30-38(34,35)25-10-7-15-36-25/h5-16,30H,4,17H2,1-3H3. The molecule has 196 valence electrons. The predicted octanol–water partition coefficient (Wildman–Crippen LogP) is 5.05. The fraction of sp³-hybridized carbons (Fsp3) is 0.185. The van der Waals surface area contributed by atoms with Gasteiger partial charge in [0.15, 0.2) is 5.65 Å². The minimum Gasteiger partial charge on any atom is -0.308 e. The SMILES string of the molecule is CCc1nc2c(C)cc(C)nc2n1Cc1ccc(-c2ccccc2S(=O)(=O)NS(=O)(=O)c2cccs2)cc1. The lowest BCUT2D eigenvalue weighted by Gasteiger charge is -2.13. The van der Waals surface area contributed by atoms with Gasteiger partial charge in [-0.3, -0.25) is 0 Å². The van der Waals surface area contributed by atoms with E-state index in [4.69, 9.17) is 9.97 Å². The van der Waals surface area contributed by atoms with E-state index in [1.54, 1.807) is 29.6 Å². The summed E-state index contributed by atoms with van der Waals surface area (Å²) in [5.41, 5.74) is 5.82. The minimum atomic E-state index is -4.37. The third-order valence-corrected chi connectivity index (χ3v) is 11.1. The molecule has 2 aromatic carbocycles. The van der Waals surface area contributed by atoms with Gasteiger partial charge in [0.2, 0.25) is 0 Å². The Morgan fingerprint density at radius 3 is 2.32 bits per heavy atom. The van der Waals surface area contributed by atoms with Crippen molar-refractivity contribution in [3.63, 3.8) is 0 Å². The van der Waals surface area contributed by atoms with E-state index >= 15 is 0 Å². The van der Waals surface area contributed by atoms with Crippen LogP contribution in [0.15, 0.2) is 81.2 Å². The van der Waals surface area contributed by atoms with Crippen molar-refractivity contribution in [1.82, 2.24) is 18.7 Å². The molecule has 0 radical (unpaired) electrons. The van der Waals surface area contributed by atoms with E-state index in [0.717, 1.165) is 51.6 Å². The van der Waals surface area contributed by atoms with E-state index in [9.17, 15) is 16.8 Å². The summed E-state index contributed by atoms with van der Waals surface area (Å²) >= 11 is 0.948. The van der Waals surface area contributed by atoms with Gasteiger partial charge < -0.3 is 4.57 Å². The molecule has 11 heteroatoms. The van der Waals surface area contributed by atoms with Gasteiger partial charge in [0.25, 0.3) is 20.0 Å². The van der Waals surface area contributed by atoms with Crippen molar-refractivity contribution in [2.45, 2.75) is 42.8 Å². The van der Waals surface area contributed by atoms with Gasteiger partial charge in [-0.25, -0.2) is 26.8 Å². The minimum absolute atomic E-state index is 0.0683. The first-order valence-corrected chi connectivity index (χ1v) is 15.8. The molecule has 3 heterocycles. The van der Waals surface area contributed by atoms with Gasteiger partial charge in [-0.05, 0) is 54.1 Å². The molecule has 0 aliphatic heterocycles. The molecule has 0 unspecified atom stereocenters. The molecular weight excluding hydrogens is 541 g/mol. The smallest absolute Gasteiger partial charge is 0.263 e. The number of nitrogens with one attached hydrogen (secondary N) is 1. The largest absolute Gasteiger partial charge is 0.308 e. The van der Waals surface area contributed by atoms with Crippen LogP contribution in [0.5, 0.6) is 0 Å². The lowest BCUT2D eigenvalue weighted by atomic mass is 10.0. The molecule has 1 N–H and O–H groups in total. The van der Waals surface area contributed by atoms with E-state index in [-0.39, 0.29) is 9.10 Å². The van der Waals surface area contributed by atoms with Gasteiger partial charge in [0.1, 0.15) is 15.6 Å². The third-order valence-electron chi connectivity index (χ3n) is 6.18. The van der Waals surface area contributed by atoms with E-state index in [2.05, 4.69) is 11.5 Å². The van der Waals surface area contributed by atoms with Crippen molar-refractivity contribution < 1.29 is 16.8 Å². The molecule has 0 fully saturated rings. The molecule has 0 saturated heterocycles. The molecular formula is C27H26N4O4S3. The monoisotopic (exact) mass is 566 g/mol. The lowest BCUT2D eigenvalue weighted by molar-refractivity contribution is 0.578. The summed E-state index contributed by atoms with van der Waals surface area (Å²) < 4.78 is 55.5. The van der Waals surface area contributed by atoms with Gasteiger partial charge in [-0.15, -0.1) is 11.3 Å². The van der Waals surface area contributed by atoms with Crippen LogP contribution >= 0.6 is 11.3 Å². The van der Waals surface area contributed by atoms with Crippen molar-refractivity contribution in [2.24, 2.45) is 0 Å². The van der Waals surface area contributed by atoms with Crippen LogP contribution in [-0.2, 0) is 33.0 Å². The first-order chi connectivity index (χ1) is 18.1. The second-order valence-corrected chi connectivity index (χ2v) is 13.7. The highest BCUT2D eigenvalue weighted by Gasteiger charge is 2.27. The average molecular weight is 567 g/mol. The van der Waals surface area contributed by atoms with E-state index in [1.807, 2.05) is 48.3 Å². The molecule has 0 atom stereocenters. The summed E-state index contributed by atoms with van der Waals surface area (Å²) in [5, 5.41) is 1.57. The molecule has 0 aliphatic carbocycles. The number of sulfonamides is 2. The Kier molecular flexibility index (Phi) is 6.95. The van der Waals surface area contributed by atoms with Crippen LogP contribution in [0.3, 0.4) is 0 Å².